The molecule has 0 unspecified atom stereocenters. The minimum Gasteiger partial charge on any atom is -0.342 e. The standard InChI is InChI=1S/C16H20N4O2S/c1-16(2)15(22)18-12(10-23-16)14(21)19(3)9-11-8-17-13-6-4-5-7-20(11)13/h4-8,12H,9-10H2,1-3H3,(H,18,22)/t12-/m1/s1. The maximum absolute atomic E-state index is 12.6. The Morgan fingerprint density at radius 3 is 3.04 bits per heavy atom. The molecule has 7 heteroatoms. The van der Waals surface area contributed by atoms with Gasteiger partial charge in [-0.2, -0.15) is 0 Å². The molecule has 0 aromatic carbocycles. The highest BCUT2D eigenvalue weighted by atomic mass is 32.2. The first-order valence-corrected chi connectivity index (χ1v) is 8.48. The molecule has 0 bridgehead atoms. The molecule has 1 fully saturated rings. The van der Waals surface area contributed by atoms with Crippen LogP contribution in [0, 0.1) is 0 Å². The fraction of sp³-hybridized carbons (Fsp3) is 0.438. The summed E-state index contributed by atoms with van der Waals surface area (Å²) < 4.78 is 1.48. The molecular formula is C16H20N4O2S. The number of thioether (sulfide) groups is 1. The number of hydrogen-bond donors (Lipinski definition) is 1. The molecule has 1 aliphatic rings. The van der Waals surface area contributed by atoms with Crippen LogP contribution in [-0.2, 0) is 16.1 Å². The number of carbonyl (C=O) groups excluding carboxylic acids is 2. The van der Waals surface area contributed by atoms with Gasteiger partial charge < -0.3 is 14.6 Å². The highest BCUT2D eigenvalue weighted by Gasteiger charge is 2.38. The zero-order chi connectivity index (χ0) is 16.6. The summed E-state index contributed by atoms with van der Waals surface area (Å²) in [5, 5.41) is 2.83. The molecule has 2 aromatic rings. The lowest BCUT2D eigenvalue weighted by Crippen LogP contribution is -2.57. The maximum atomic E-state index is 12.6. The molecule has 3 heterocycles. The summed E-state index contributed by atoms with van der Waals surface area (Å²) >= 11 is 1.52. The number of carbonyl (C=O) groups is 2. The van der Waals surface area contributed by atoms with E-state index in [0.717, 1.165) is 11.3 Å². The van der Waals surface area contributed by atoms with Gasteiger partial charge >= 0.3 is 0 Å². The highest BCUT2D eigenvalue weighted by molar-refractivity contribution is 8.01. The Labute approximate surface area is 139 Å². The molecule has 2 aromatic heterocycles. The molecule has 23 heavy (non-hydrogen) atoms. The number of nitrogens with zero attached hydrogens (tertiary/aromatic N) is 3. The Morgan fingerprint density at radius 1 is 1.52 bits per heavy atom. The van der Waals surface area contributed by atoms with Crippen molar-refractivity contribution in [3.8, 4) is 0 Å². The summed E-state index contributed by atoms with van der Waals surface area (Å²) in [6.45, 7) is 4.19. The Bertz CT molecular complexity index is 755. The maximum Gasteiger partial charge on any atom is 0.246 e. The summed E-state index contributed by atoms with van der Waals surface area (Å²) in [7, 11) is 1.75. The highest BCUT2D eigenvalue weighted by Crippen LogP contribution is 2.29. The lowest BCUT2D eigenvalue weighted by Gasteiger charge is -2.34. The molecule has 6 nitrogen and oxygen atoms in total. The van der Waals surface area contributed by atoms with Gasteiger partial charge in [0.15, 0.2) is 0 Å². The van der Waals surface area contributed by atoms with Gasteiger partial charge in [0.1, 0.15) is 11.7 Å². The Morgan fingerprint density at radius 2 is 2.30 bits per heavy atom. The Balaban J connectivity index is 1.70. The summed E-state index contributed by atoms with van der Waals surface area (Å²) in [6, 6.07) is 5.31. The number of hydrogen-bond acceptors (Lipinski definition) is 4. The van der Waals surface area contributed by atoms with E-state index in [-0.39, 0.29) is 11.8 Å². The molecule has 2 amide bonds. The molecule has 1 saturated heterocycles. The zero-order valence-electron chi connectivity index (χ0n) is 13.4. The van der Waals surface area contributed by atoms with Crippen LogP contribution < -0.4 is 5.32 Å². The van der Waals surface area contributed by atoms with Crippen LogP contribution in [0.25, 0.3) is 5.65 Å². The van der Waals surface area contributed by atoms with Crippen LogP contribution in [0.15, 0.2) is 30.6 Å². The predicted molar refractivity (Wildman–Crippen MR) is 90.1 cm³/mol. The van der Waals surface area contributed by atoms with Gasteiger partial charge in [0.2, 0.25) is 11.8 Å². The van der Waals surface area contributed by atoms with Crippen molar-refractivity contribution in [3.05, 3.63) is 36.3 Å². The summed E-state index contributed by atoms with van der Waals surface area (Å²) in [6.07, 6.45) is 3.70. The van der Waals surface area contributed by atoms with Gasteiger partial charge in [-0.1, -0.05) is 6.07 Å². The largest absolute Gasteiger partial charge is 0.342 e. The van der Waals surface area contributed by atoms with E-state index < -0.39 is 10.8 Å². The lowest BCUT2D eigenvalue weighted by atomic mass is 10.1. The van der Waals surface area contributed by atoms with E-state index in [1.54, 1.807) is 18.1 Å². The second-order valence-electron chi connectivity index (χ2n) is 6.22. The topological polar surface area (TPSA) is 66.7 Å². The third-order valence-corrected chi connectivity index (χ3v) is 5.44. The van der Waals surface area contributed by atoms with Gasteiger partial charge in [-0.25, -0.2) is 4.98 Å². The normalized spacial score (nSPS) is 20.3. The Hall–Kier alpha value is -2.02. The van der Waals surface area contributed by atoms with Crippen molar-refractivity contribution in [1.29, 1.82) is 0 Å². The van der Waals surface area contributed by atoms with Gasteiger partial charge in [0.25, 0.3) is 0 Å². The number of nitrogens with one attached hydrogen (secondary N) is 1. The summed E-state index contributed by atoms with van der Waals surface area (Å²) in [5.74, 6) is 0.428. The minimum absolute atomic E-state index is 0.0766. The molecular weight excluding hydrogens is 312 g/mol. The number of aromatic nitrogens is 2. The fourth-order valence-electron chi connectivity index (χ4n) is 2.55. The quantitative estimate of drug-likeness (QED) is 0.920. The van der Waals surface area contributed by atoms with Crippen LogP contribution >= 0.6 is 11.8 Å². The first-order valence-electron chi connectivity index (χ1n) is 7.49. The zero-order valence-corrected chi connectivity index (χ0v) is 14.3. The second kappa shape index (κ2) is 5.88. The number of rotatable bonds is 3. The number of imidazole rings is 1. The minimum atomic E-state index is -0.475. The van der Waals surface area contributed by atoms with E-state index >= 15 is 0 Å². The predicted octanol–water partition coefficient (Wildman–Crippen LogP) is 1.30. The molecule has 0 aliphatic carbocycles. The van der Waals surface area contributed by atoms with E-state index in [1.165, 1.54) is 11.8 Å². The first kappa shape index (κ1) is 15.9. The van der Waals surface area contributed by atoms with Gasteiger partial charge in [0, 0.05) is 19.0 Å². The van der Waals surface area contributed by atoms with Gasteiger partial charge in [0.05, 0.1) is 23.2 Å². The Kier molecular flexibility index (Phi) is 4.06. The second-order valence-corrected chi connectivity index (χ2v) is 7.86. The number of fused-ring (bicyclic) bond motifs is 1. The monoisotopic (exact) mass is 332 g/mol. The van der Waals surface area contributed by atoms with E-state index in [1.807, 2.05) is 42.6 Å². The molecule has 0 saturated carbocycles. The third-order valence-electron chi connectivity index (χ3n) is 4.03. The molecule has 1 atom stereocenters. The fourth-order valence-corrected chi connectivity index (χ4v) is 3.55. The molecule has 0 spiro atoms. The first-order chi connectivity index (χ1) is 10.9. The van der Waals surface area contributed by atoms with Crippen LogP contribution in [0.3, 0.4) is 0 Å². The van der Waals surface area contributed by atoms with E-state index in [4.69, 9.17) is 0 Å². The van der Waals surface area contributed by atoms with Crippen molar-refractivity contribution in [1.82, 2.24) is 19.6 Å². The smallest absolute Gasteiger partial charge is 0.246 e. The van der Waals surface area contributed by atoms with Crippen molar-refractivity contribution in [2.45, 2.75) is 31.2 Å². The van der Waals surface area contributed by atoms with E-state index in [9.17, 15) is 9.59 Å². The van der Waals surface area contributed by atoms with E-state index in [0.29, 0.717) is 12.3 Å². The molecule has 122 valence electrons. The summed E-state index contributed by atoms with van der Waals surface area (Å²) in [5.41, 5.74) is 1.79. The van der Waals surface area contributed by atoms with Crippen LogP contribution in [0.5, 0.6) is 0 Å². The SMILES string of the molecule is CN(Cc1cnc2ccccn12)C(=O)[C@H]1CSC(C)(C)C(=O)N1. The van der Waals surface area contributed by atoms with Crippen LogP contribution in [0.4, 0.5) is 0 Å². The van der Waals surface area contributed by atoms with Crippen molar-refractivity contribution >= 4 is 29.2 Å². The molecule has 0 radical (unpaired) electrons. The van der Waals surface area contributed by atoms with Crippen LogP contribution in [0.2, 0.25) is 0 Å². The van der Waals surface area contributed by atoms with Crippen molar-refractivity contribution in [2.24, 2.45) is 0 Å². The van der Waals surface area contributed by atoms with Crippen molar-refractivity contribution < 1.29 is 9.59 Å². The molecule has 1 aliphatic heterocycles. The van der Waals surface area contributed by atoms with Gasteiger partial charge in [-0.05, 0) is 26.0 Å². The lowest BCUT2D eigenvalue weighted by molar-refractivity contribution is -0.136. The van der Waals surface area contributed by atoms with Crippen LogP contribution in [-0.4, -0.2) is 49.7 Å². The third kappa shape index (κ3) is 3.06. The summed E-state index contributed by atoms with van der Waals surface area (Å²) in [4.78, 5) is 30.6. The molecule has 1 N–H and O–H groups in total. The number of pyridine rings is 1. The van der Waals surface area contributed by atoms with Gasteiger partial charge in [-0.15, -0.1) is 11.8 Å². The van der Waals surface area contributed by atoms with E-state index in [2.05, 4.69) is 10.3 Å². The number of amides is 2. The number of likely N-dealkylation sites (N-methyl/N-ethyl adjacent to an activating group) is 1. The average Bonchev–Trinajstić information content (AvgIpc) is 2.92. The van der Waals surface area contributed by atoms with Crippen LogP contribution in [0.1, 0.15) is 19.5 Å². The molecule has 3 rings (SSSR count). The van der Waals surface area contributed by atoms with Gasteiger partial charge in [-0.3, -0.25) is 9.59 Å². The van der Waals surface area contributed by atoms with Crippen molar-refractivity contribution in [3.63, 3.8) is 0 Å². The average molecular weight is 332 g/mol. The van der Waals surface area contributed by atoms with Crippen molar-refractivity contribution in [2.75, 3.05) is 12.8 Å².